The second-order valence-corrected chi connectivity index (χ2v) is 7.20. The minimum absolute atomic E-state index is 0.108. The molecule has 2 aromatic heterocycles. The fraction of sp³-hybridized carbons (Fsp3) is 0.381. The monoisotopic (exact) mass is 396 g/mol. The van der Waals surface area contributed by atoms with Crippen molar-refractivity contribution in [3.8, 4) is 5.75 Å². The average Bonchev–Trinajstić information content (AvgIpc) is 3.19. The minimum atomic E-state index is -0.262. The fourth-order valence-corrected chi connectivity index (χ4v) is 3.76. The summed E-state index contributed by atoms with van der Waals surface area (Å²) in [4.78, 5) is 26.5. The van der Waals surface area contributed by atoms with Gasteiger partial charge in [0.15, 0.2) is 17.1 Å². The molecule has 1 N–H and O–H groups in total. The molecule has 4 rings (SSSR count). The molecule has 8 heteroatoms. The van der Waals surface area contributed by atoms with Gasteiger partial charge in [-0.25, -0.2) is 4.68 Å². The summed E-state index contributed by atoms with van der Waals surface area (Å²) in [5.74, 6) is 1.34. The predicted octanol–water partition coefficient (Wildman–Crippen LogP) is 2.32. The number of para-hydroxylation sites is 1. The Morgan fingerprint density at radius 3 is 2.97 bits per heavy atom. The summed E-state index contributed by atoms with van der Waals surface area (Å²) < 4.78 is 12.4. The lowest BCUT2D eigenvalue weighted by molar-refractivity contribution is 0.0924. The quantitative estimate of drug-likeness (QED) is 0.712. The summed E-state index contributed by atoms with van der Waals surface area (Å²) in [5.41, 5.74) is 0.421. The summed E-state index contributed by atoms with van der Waals surface area (Å²) in [6.45, 7) is 1.31. The van der Waals surface area contributed by atoms with Gasteiger partial charge in [0.05, 0.1) is 7.11 Å². The fourth-order valence-electron chi connectivity index (χ4n) is 3.76. The summed E-state index contributed by atoms with van der Waals surface area (Å²) in [5, 5.41) is 8.17. The zero-order chi connectivity index (χ0) is 20.4. The smallest absolute Gasteiger partial charge is 0.287 e. The van der Waals surface area contributed by atoms with E-state index < -0.39 is 0 Å². The van der Waals surface area contributed by atoms with E-state index in [1.54, 1.807) is 32.4 Å². The molecule has 1 unspecified atom stereocenters. The van der Waals surface area contributed by atoms with Gasteiger partial charge >= 0.3 is 0 Å². The molecule has 1 aliphatic rings. The second-order valence-electron chi connectivity index (χ2n) is 7.20. The molecule has 3 aromatic rings. The normalized spacial score (nSPS) is 16.8. The lowest BCUT2D eigenvalue weighted by Crippen LogP contribution is -2.47. The van der Waals surface area contributed by atoms with Crippen molar-refractivity contribution in [1.82, 2.24) is 15.1 Å². The van der Waals surface area contributed by atoms with Crippen LogP contribution in [0.5, 0.6) is 5.75 Å². The molecule has 3 heterocycles. The third-order valence-electron chi connectivity index (χ3n) is 5.32. The Morgan fingerprint density at radius 1 is 1.31 bits per heavy atom. The summed E-state index contributed by atoms with van der Waals surface area (Å²) in [6.07, 6.45) is 3.09. The highest BCUT2D eigenvalue weighted by molar-refractivity contribution is 5.97. The molecule has 1 saturated heterocycles. The number of piperidine rings is 1. The Kier molecular flexibility index (Phi) is 5.24. The Balaban J connectivity index is 1.48. The van der Waals surface area contributed by atoms with Gasteiger partial charge in [0.1, 0.15) is 5.82 Å². The van der Waals surface area contributed by atoms with Crippen molar-refractivity contribution in [3.63, 3.8) is 0 Å². The van der Waals surface area contributed by atoms with Crippen LogP contribution in [0, 0.1) is 0 Å². The van der Waals surface area contributed by atoms with E-state index in [9.17, 15) is 9.59 Å². The van der Waals surface area contributed by atoms with Crippen LogP contribution < -0.4 is 20.5 Å². The van der Waals surface area contributed by atoms with Crippen LogP contribution in [-0.2, 0) is 7.05 Å². The maximum absolute atomic E-state index is 12.7. The topological polar surface area (TPSA) is 89.6 Å². The molecule has 1 atom stereocenters. The van der Waals surface area contributed by atoms with Crippen LogP contribution in [-0.4, -0.2) is 41.9 Å². The number of carbonyl (C=O) groups is 1. The van der Waals surface area contributed by atoms with Crippen molar-refractivity contribution >= 4 is 22.7 Å². The number of nitrogens with zero attached hydrogens (tertiary/aromatic N) is 3. The van der Waals surface area contributed by atoms with Crippen LogP contribution in [0.1, 0.15) is 29.8 Å². The molecule has 29 heavy (non-hydrogen) atoms. The van der Waals surface area contributed by atoms with Gasteiger partial charge in [0.2, 0.25) is 0 Å². The number of aryl methyl sites for hydroxylation is 1. The van der Waals surface area contributed by atoms with Gasteiger partial charge < -0.3 is 19.4 Å². The van der Waals surface area contributed by atoms with Crippen LogP contribution in [0.4, 0.5) is 5.82 Å². The number of aromatic nitrogens is 2. The molecular weight excluding hydrogens is 372 g/mol. The van der Waals surface area contributed by atoms with E-state index in [-0.39, 0.29) is 23.3 Å². The molecule has 1 fully saturated rings. The maximum Gasteiger partial charge on any atom is 0.287 e. The van der Waals surface area contributed by atoms with E-state index in [0.717, 1.165) is 37.0 Å². The summed E-state index contributed by atoms with van der Waals surface area (Å²) in [6, 6.07) is 10.6. The van der Waals surface area contributed by atoms with E-state index in [2.05, 4.69) is 15.3 Å². The van der Waals surface area contributed by atoms with E-state index in [1.807, 2.05) is 12.1 Å². The lowest BCUT2D eigenvalue weighted by atomic mass is 10.0. The predicted molar refractivity (Wildman–Crippen MR) is 110 cm³/mol. The first-order valence-corrected chi connectivity index (χ1v) is 9.72. The zero-order valence-electron chi connectivity index (χ0n) is 16.6. The standard InChI is InChI=1S/C21H24N4O4/c1-24-19(26)10-9-18(23-24)25-11-4-3-7-15(25)13-22-21(27)17-12-14-6-5-8-16(28-2)20(14)29-17/h5-6,8-10,12,15H,3-4,7,11,13H2,1-2H3,(H,22,27). The Bertz CT molecular complexity index is 1090. The number of nitrogens with one attached hydrogen (secondary N) is 1. The van der Waals surface area contributed by atoms with Crippen LogP contribution in [0.15, 0.2) is 45.6 Å². The molecule has 152 valence electrons. The number of carbonyl (C=O) groups excluding carboxylic acids is 1. The van der Waals surface area contributed by atoms with Gasteiger partial charge in [-0.05, 0) is 37.5 Å². The molecule has 8 nitrogen and oxygen atoms in total. The highest BCUT2D eigenvalue weighted by atomic mass is 16.5. The highest BCUT2D eigenvalue weighted by Crippen LogP contribution is 2.28. The Labute approximate surface area is 168 Å². The number of rotatable bonds is 5. The van der Waals surface area contributed by atoms with Crippen LogP contribution in [0.25, 0.3) is 11.0 Å². The van der Waals surface area contributed by atoms with Gasteiger partial charge in [0, 0.05) is 37.6 Å². The molecular formula is C21H24N4O4. The first kappa shape index (κ1) is 19.0. The number of benzene rings is 1. The number of anilines is 1. The third-order valence-corrected chi connectivity index (χ3v) is 5.32. The first-order valence-electron chi connectivity index (χ1n) is 9.72. The molecule has 0 aliphatic carbocycles. The van der Waals surface area contributed by atoms with Crippen molar-refractivity contribution in [2.45, 2.75) is 25.3 Å². The Hall–Kier alpha value is -3.29. The van der Waals surface area contributed by atoms with Gasteiger partial charge in [-0.15, -0.1) is 0 Å². The lowest BCUT2D eigenvalue weighted by Gasteiger charge is -2.36. The van der Waals surface area contributed by atoms with Gasteiger partial charge in [0.25, 0.3) is 11.5 Å². The average molecular weight is 396 g/mol. The highest BCUT2D eigenvalue weighted by Gasteiger charge is 2.25. The number of hydrogen-bond donors (Lipinski definition) is 1. The second kappa shape index (κ2) is 7.98. The van der Waals surface area contributed by atoms with Crippen molar-refractivity contribution in [3.05, 3.63) is 52.5 Å². The molecule has 0 bridgehead atoms. The largest absolute Gasteiger partial charge is 0.493 e. The van der Waals surface area contributed by atoms with Gasteiger partial charge in [-0.3, -0.25) is 9.59 Å². The molecule has 0 spiro atoms. The van der Waals surface area contributed by atoms with Crippen molar-refractivity contribution < 1.29 is 13.9 Å². The van der Waals surface area contributed by atoms with Crippen molar-refractivity contribution in [2.75, 3.05) is 25.1 Å². The first-order chi connectivity index (χ1) is 14.1. The molecule has 0 radical (unpaired) electrons. The van der Waals surface area contributed by atoms with Crippen LogP contribution >= 0.6 is 0 Å². The molecule has 0 saturated carbocycles. The van der Waals surface area contributed by atoms with Crippen molar-refractivity contribution in [1.29, 1.82) is 0 Å². The Morgan fingerprint density at radius 2 is 2.17 bits per heavy atom. The van der Waals surface area contributed by atoms with E-state index in [1.165, 1.54) is 10.7 Å². The van der Waals surface area contributed by atoms with E-state index in [0.29, 0.717) is 17.9 Å². The number of hydrogen-bond acceptors (Lipinski definition) is 6. The SMILES string of the molecule is COc1cccc2cc(C(=O)NCC3CCCCN3c3ccc(=O)n(C)n3)oc12. The van der Waals surface area contributed by atoms with Crippen LogP contribution in [0.3, 0.4) is 0 Å². The number of ether oxygens (including phenoxy) is 1. The zero-order valence-corrected chi connectivity index (χ0v) is 16.6. The molecule has 1 amide bonds. The maximum atomic E-state index is 12.7. The van der Waals surface area contributed by atoms with Gasteiger partial charge in [-0.2, -0.15) is 5.10 Å². The van der Waals surface area contributed by atoms with E-state index >= 15 is 0 Å². The number of amides is 1. The number of furan rings is 1. The number of methoxy groups -OCH3 is 1. The van der Waals surface area contributed by atoms with Gasteiger partial charge in [-0.1, -0.05) is 12.1 Å². The van der Waals surface area contributed by atoms with Crippen molar-refractivity contribution in [2.24, 2.45) is 7.05 Å². The minimum Gasteiger partial charge on any atom is -0.493 e. The third kappa shape index (κ3) is 3.83. The molecule has 1 aromatic carbocycles. The summed E-state index contributed by atoms with van der Waals surface area (Å²) in [7, 11) is 3.21. The summed E-state index contributed by atoms with van der Waals surface area (Å²) >= 11 is 0. The molecule has 1 aliphatic heterocycles. The van der Waals surface area contributed by atoms with Crippen LogP contribution in [0.2, 0.25) is 0 Å². The number of fused-ring (bicyclic) bond motifs is 1. The van der Waals surface area contributed by atoms with E-state index in [4.69, 9.17) is 9.15 Å².